The van der Waals surface area contributed by atoms with Crippen LogP contribution < -0.4 is 11.1 Å². The first-order valence-corrected chi connectivity index (χ1v) is 6.38. The first-order valence-electron chi connectivity index (χ1n) is 6.38. The number of nitrogens with zero attached hydrogens (tertiary/aromatic N) is 1. The predicted octanol–water partition coefficient (Wildman–Crippen LogP) is 1.07. The molecular weight excluding hydrogens is 214 g/mol. The van der Waals surface area contributed by atoms with Crippen LogP contribution in [0.3, 0.4) is 0 Å². The molecule has 4 heteroatoms. The summed E-state index contributed by atoms with van der Waals surface area (Å²) in [5.74, 6) is 0.563. The summed E-state index contributed by atoms with van der Waals surface area (Å²) in [7, 11) is 4.10. The minimum Gasteiger partial charge on any atom is -0.356 e. The first-order chi connectivity index (χ1) is 7.76. The van der Waals surface area contributed by atoms with E-state index in [2.05, 4.69) is 31.0 Å². The number of rotatable bonds is 8. The number of nitrogens with two attached hydrogens (primary N) is 1. The standard InChI is InChI=1S/C13H29N3O/c1-11(8-14)6-7-12(17)15-9-13(2,3)10-16(4)5/h11H,6-10,14H2,1-5H3,(H,15,17). The Morgan fingerprint density at radius 3 is 2.47 bits per heavy atom. The Labute approximate surface area is 106 Å². The molecule has 0 aromatic carbocycles. The number of nitrogens with one attached hydrogen (secondary N) is 1. The Bertz CT molecular complexity index is 227. The lowest BCUT2D eigenvalue weighted by Crippen LogP contribution is -2.40. The third-order valence-electron chi connectivity index (χ3n) is 2.77. The van der Waals surface area contributed by atoms with Gasteiger partial charge in [-0.1, -0.05) is 20.8 Å². The molecule has 0 aromatic heterocycles. The van der Waals surface area contributed by atoms with Gasteiger partial charge in [-0.25, -0.2) is 0 Å². The van der Waals surface area contributed by atoms with Gasteiger partial charge in [0.25, 0.3) is 0 Å². The van der Waals surface area contributed by atoms with Crippen molar-refractivity contribution in [1.29, 1.82) is 0 Å². The van der Waals surface area contributed by atoms with Gasteiger partial charge in [0.2, 0.25) is 5.91 Å². The van der Waals surface area contributed by atoms with Crippen LogP contribution in [0.2, 0.25) is 0 Å². The molecule has 0 aliphatic heterocycles. The van der Waals surface area contributed by atoms with Crippen LogP contribution >= 0.6 is 0 Å². The maximum atomic E-state index is 11.6. The molecule has 0 aromatic rings. The van der Waals surface area contributed by atoms with Crippen molar-refractivity contribution in [3.8, 4) is 0 Å². The van der Waals surface area contributed by atoms with Crippen LogP contribution in [0.4, 0.5) is 0 Å². The van der Waals surface area contributed by atoms with E-state index in [0.717, 1.165) is 19.5 Å². The molecule has 0 aliphatic carbocycles. The number of hydrogen-bond donors (Lipinski definition) is 2. The molecule has 0 radical (unpaired) electrons. The second-order valence-corrected chi connectivity index (χ2v) is 6.06. The smallest absolute Gasteiger partial charge is 0.220 e. The third kappa shape index (κ3) is 9.12. The molecule has 0 saturated carbocycles. The average molecular weight is 243 g/mol. The Morgan fingerprint density at radius 1 is 1.41 bits per heavy atom. The molecule has 17 heavy (non-hydrogen) atoms. The summed E-state index contributed by atoms with van der Waals surface area (Å²) >= 11 is 0. The molecule has 0 rings (SSSR count). The van der Waals surface area contributed by atoms with Crippen LogP contribution in [0.15, 0.2) is 0 Å². The van der Waals surface area contributed by atoms with Crippen LogP contribution in [0, 0.1) is 11.3 Å². The topological polar surface area (TPSA) is 58.4 Å². The van der Waals surface area contributed by atoms with Crippen LogP contribution in [0.1, 0.15) is 33.6 Å². The predicted molar refractivity (Wildman–Crippen MR) is 72.8 cm³/mol. The average Bonchev–Trinajstić information content (AvgIpc) is 2.21. The van der Waals surface area contributed by atoms with Crippen molar-refractivity contribution >= 4 is 5.91 Å². The summed E-state index contributed by atoms with van der Waals surface area (Å²) in [6, 6.07) is 0. The molecule has 1 amide bonds. The molecule has 1 unspecified atom stereocenters. The number of hydrogen-bond acceptors (Lipinski definition) is 3. The van der Waals surface area contributed by atoms with E-state index < -0.39 is 0 Å². The highest BCUT2D eigenvalue weighted by Crippen LogP contribution is 2.14. The molecule has 0 bridgehead atoms. The molecule has 4 nitrogen and oxygen atoms in total. The van der Waals surface area contributed by atoms with Crippen molar-refractivity contribution in [2.45, 2.75) is 33.6 Å². The van der Waals surface area contributed by atoms with Gasteiger partial charge in [0.15, 0.2) is 0 Å². The zero-order valence-corrected chi connectivity index (χ0v) is 12.0. The zero-order valence-electron chi connectivity index (χ0n) is 12.0. The van der Waals surface area contributed by atoms with E-state index in [1.807, 2.05) is 14.1 Å². The summed E-state index contributed by atoms with van der Waals surface area (Å²) in [4.78, 5) is 13.8. The lowest BCUT2D eigenvalue weighted by atomic mass is 9.93. The van der Waals surface area contributed by atoms with Gasteiger partial charge in [0.05, 0.1) is 0 Å². The quantitative estimate of drug-likeness (QED) is 0.670. The first kappa shape index (κ1) is 16.4. The van der Waals surface area contributed by atoms with Gasteiger partial charge in [-0.05, 0) is 38.4 Å². The molecule has 102 valence electrons. The van der Waals surface area contributed by atoms with E-state index in [4.69, 9.17) is 5.73 Å². The minimum atomic E-state index is 0.110. The number of carbonyl (C=O) groups excluding carboxylic acids is 1. The van der Waals surface area contributed by atoms with Gasteiger partial charge in [-0.2, -0.15) is 0 Å². The molecule has 3 N–H and O–H groups in total. The molecular formula is C13H29N3O. The highest BCUT2D eigenvalue weighted by atomic mass is 16.1. The fraction of sp³-hybridized carbons (Fsp3) is 0.923. The molecule has 0 aliphatic rings. The molecule has 0 saturated heterocycles. The van der Waals surface area contributed by atoms with Crippen molar-refractivity contribution in [3.63, 3.8) is 0 Å². The summed E-state index contributed by atoms with van der Waals surface area (Å²) < 4.78 is 0. The second-order valence-electron chi connectivity index (χ2n) is 6.06. The van der Waals surface area contributed by atoms with Gasteiger partial charge in [-0.15, -0.1) is 0 Å². The van der Waals surface area contributed by atoms with E-state index in [1.165, 1.54) is 0 Å². The molecule has 1 atom stereocenters. The van der Waals surface area contributed by atoms with Gasteiger partial charge in [0, 0.05) is 19.5 Å². The van der Waals surface area contributed by atoms with E-state index in [1.54, 1.807) is 0 Å². The summed E-state index contributed by atoms with van der Waals surface area (Å²) in [6.07, 6.45) is 1.45. The van der Waals surface area contributed by atoms with E-state index in [-0.39, 0.29) is 11.3 Å². The molecule has 0 fully saturated rings. The van der Waals surface area contributed by atoms with Crippen LogP contribution in [0.5, 0.6) is 0 Å². The Balaban J connectivity index is 3.83. The normalized spacial score (nSPS) is 13.8. The highest BCUT2D eigenvalue weighted by molar-refractivity contribution is 5.75. The third-order valence-corrected chi connectivity index (χ3v) is 2.77. The largest absolute Gasteiger partial charge is 0.356 e. The molecule has 0 spiro atoms. The Kier molecular flexibility index (Phi) is 7.39. The van der Waals surface area contributed by atoms with E-state index >= 15 is 0 Å². The number of carbonyl (C=O) groups is 1. The van der Waals surface area contributed by atoms with Crippen molar-refractivity contribution in [1.82, 2.24) is 10.2 Å². The van der Waals surface area contributed by atoms with Crippen molar-refractivity contribution < 1.29 is 4.79 Å². The summed E-state index contributed by atoms with van der Waals surface area (Å²) in [5, 5.41) is 3.00. The van der Waals surface area contributed by atoms with Crippen molar-refractivity contribution in [3.05, 3.63) is 0 Å². The zero-order chi connectivity index (χ0) is 13.5. The molecule has 0 heterocycles. The van der Waals surface area contributed by atoms with Gasteiger partial charge in [0.1, 0.15) is 0 Å². The van der Waals surface area contributed by atoms with Crippen molar-refractivity contribution in [2.75, 3.05) is 33.7 Å². The van der Waals surface area contributed by atoms with Crippen LogP contribution in [0.25, 0.3) is 0 Å². The maximum absolute atomic E-state index is 11.6. The highest BCUT2D eigenvalue weighted by Gasteiger charge is 2.19. The van der Waals surface area contributed by atoms with E-state index in [0.29, 0.717) is 18.9 Å². The minimum absolute atomic E-state index is 0.110. The van der Waals surface area contributed by atoms with Crippen molar-refractivity contribution in [2.24, 2.45) is 17.1 Å². The van der Waals surface area contributed by atoms with E-state index in [9.17, 15) is 4.79 Å². The fourth-order valence-electron chi connectivity index (χ4n) is 1.83. The summed E-state index contributed by atoms with van der Waals surface area (Å²) in [6.45, 7) is 8.74. The Hall–Kier alpha value is -0.610. The number of amides is 1. The Morgan fingerprint density at radius 2 is 2.00 bits per heavy atom. The van der Waals surface area contributed by atoms with Crippen LogP contribution in [-0.2, 0) is 4.79 Å². The van der Waals surface area contributed by atoms with Gasteiger partial charge >= 0.3 is 0 Å². The monoisotopic (exact) mass is 243 g/mol. The summed E-state index contributed by atoms with van der Waals surface area (Å²) in [5.41, 5.74) is 5.63. The van der Waals surface area contributed by atoms with Crippen LogP contribution in [-0.4, -0.2) is 44.5 Å². The fourth-order valence-corrected chi connectivity index (χ4v) is 1.83. The van der Waals surface area contributed by atoms with Gasteiger partial charge in [-0.3, -0.25) is 4.79 Å². The SMILES string of the molecule is CC(CN)CCC(=O)NCC(C)(C)CN(C)C. The van der Waals surface area contributed by atoms with Gasteiger partial charge < -0.3 is 16.0 Å². The lowest BCUT2D eigenvalue weighted by molar-refractivity contribution is -0.121. The maximum Gasteiger partial charge on any atom is 0.220 e. The lowest BCUT2D eigenvalue weighted by Gasteiger charge is -2.28. The second kappa shape index (κ2) is 7.67.